The highest BCUT2D eigenvalue weighted by Crippen LogP contribution is 2.24. The molecule has 0 aromatic carbocycles. The van der Waals surface area contributed by atoms with Gasteiger partial charge in [-0.2, -0.15) is 5.26 Å². The van der Waals surface area contributed by atoms with Crippen LogP contribution in [0, 0.1) is 24.2 Å². The van der Waals surface area contributed by atoms with Crippen LogP contribution in [0.15, 0.2) is 12.1 Å². The summed E-state index contributed by atoms with van der Waals surface area (Å²) >= 11 is 0. The lowest BCUT2D eigenvalue weighted by Gasteiger charge is -2.32. The summed E-state index contributed by atoms with van der Waals surface area (Å²) < 4.78 is 0. The smallest absolute Gasteiger partial charge is 0.222 e. The van der Waals surface area contributed by atoms with Crippen LogP contribution in [-0.2, 0) is 4.79 Å². The number of hydrogen-bond acceptors (Lipinski definition) is 4. The Kier molecular flexibility index (Phi) is 3.47. The van der Waals surface area contributed by atoms with Crippen molar-refractivity contribution in [2.75, 3.05) is 18.0 Å². The number of nitrogens with zero attached hydrogens (tertiary/aromatic N) is 3. The standard InChI is InChI=1S/C13H16N4O/c1-9-4-5-10(7-14)13(16-9)17-6-2-3-11(8-17)12(15)18/h4-5,11H,2-3,6,8H2,1H3,(H2,15,18). The van der Waals surface area contributed by atoms with Crippen molar-refractivity contribution >= 4 is 11.7 Å². The second kappa shape index (κ2) is 5.05. The van der Waals surface area contributed by atoms with E-state index < -0.39 is 0 Å². The van der Waals surface area contributed by atoms with Gasteiger partial charge in [0.2, 0.25) is 5.91 Å². The Morgan fingerprint density at radius 1 is 1.61 bits per heavy atom. The van der Waals surface area contributed by atoms with Crippen molar-refractivity contribution < 1.29 is 4.79 Å². The molecule has 5 nitrogen and oxygen atoms in total. The van der Waals surface area contributed by atoms with Crippen LogP contribution in [0.5, 0.6) is 0 Å². The number of piperidine rings is 1. The van der Waals surface area contributed by atoms with Crippen LogP contribution in [0.4, 0.5) is 5.82 Å². The van der Waals surface area contributed by atoms with E-state index in [1.54, 1.807) is 6.07 Å². The Balaban J connectivity index is 2.28. The SMILES string of the molecule is Cc1ccc(C#N)c(N2CCCC(C(N)=O)C2)n1. The first-order chi connectivity index (χ1) is 8.61. The summed E-state index contributed by atoms with van der Waals surface area (Å²) in [5.41, 5.74) is 6.77. The predicted molar refractivity (Wildman–Crippen MR) is 67.8 cm³/mol. The minimum atomic E-state index is -0.272. The Morgan fingerprint density at radius 3 is 3.06 bits per heavy atom. The fourth-order valence-corrected chi connectivity index (χ4v) is 2.27. The first-order valence-corrected chi connectivity index (χ1v) is 6.04. The van der Waals surface area contributed by atoms with Crippen molar-refractivity contribution in [2.45, 2.75) is 19.8 Å². The number of anilines is 1. The third kappa shape index (κ3) is 2.43. The number of nitriles is 1. The fraction of sp³-hybridized carbons (Fsp3) is 0.462. The number of amides is 1. The molecular formula is C13H16N4O. The number of primary amides is 1. The molecule has 0 aliphatic carbocycles. The molecule has 1 aliphatic rings. The van der Waals surface area contributed by atoms with Crippen LogP contribution < -0.4 is 10.6 Å². The zero-order valence-corrected chi connectivity index (χ0v) is 10.4. The zero-order valence-electron chi connectivity index (χ0n) is 10.4. The molecule has 1 amide bonds. The normalized spacial score (nSPS) is 19.3. The van der Waals surface area contributed by atoms with Gasteiger partial charge in [-0.1, -0.05) is 0 Å². The molecule has 2 N–H and O–H groups in total. The van der Waals surface area contributed by atoms with Crippen molar-refractivity contribution in [3.63, 3.8) is 0 Å². The van der Waals surface area contributed by atoms with Crippen LogP contribution in [-0.4, -0.2) is 24.0 Å². The Bertz CT molecular complexity index is 506. The van der Waals surface area contributed by atoms with Gasteiger partial charge in [-0.05, 0) is 31.9 Å². The van der Waals surface area contributed by atoms with Gasteiger partial charge in [0, 0.05) is 18.8 Å². The topological polar surface area (TPSA) is 83.0 Å². The summed E-state index contributed by atoms with van der Waals surface area (Å²) in [7, 11) is 0. The number of carbonyl (C=O) groups excluding carboxylic acids is 1. The van der Waals surface area contributed by atoms with Crippen molar-refractivity contribution in [2.24, 2.45) is 11.7 Å². The van der Waals surface area contributed by atoms with Gasteiger partial charge in [-0.3, -0.25) is 4.79 Å². The van der Waals surface area contributed by atoms with Crippen molar-refractivity contribution in [1.82, 2.24) is 4.98 Å². The number of nitrogens with two attached hydrogens (primary N) is 1. The van der Waals surface area contributed by atoms with Crippen molar-refractivity contribution in [3.8, 4) is 6.07 Å². The second-order valence-electron chi connectivity index (χ2n) is 4.62. The van der Waals surface area contributed by atoms with Crippen LogP contribution in [0.25, 0.3) is 0 Å². The number of pyridine rings is 1. The number of rotatable bonds is 2. The quantitative estimate of drug-likeness (QED) is 0.840. The third-order valence-electron chi connectivity index (χ3n) is 3.26. The number of hydrogen-bond donors (Lipinski definition) is 1. The molecule has 1 atom stereocenters. The molecule has 1 aromatic heterocycles. The Hall–Kier alpha value is -2.09. The van der Waals surface area contributed by atoms with E-state index >= 15 is 0 Å². The highest BCUT2D eigenvalue weighted by atomic mass is 16.1. The molecule has 0 bridgehead atoms. The molecule has 1 saturated heterocycles. The lowest BCUT2D eigenvalue weighted by molar-refractivity contribution is -0.122. The molecule has 0 spiro atoms. The van der Waals surface area contributed by atoms with E-state index in [0.717, 1.165) is 25.1 Å². The highest BCUT2D eigenvalue weighted by molar-refractivity contribution is 5.77. The molecular weight excluding hydrogens is 228 g/mol. The minimum Gasteiger partial charge on any atom is -0.369 e. The van der Waals surface area contributed by atoms with E-state index in [2.05, 4.69) is 11.1 Å². The van der Waals surface area contributed by atoms with Crippen LogP contribution in [0.3, 0.4) is 0 Å². The lowest BCUT2D eigenvalue weighted by Crippen LogP contribution is -2.41. The van der Waals surface area contributed by atoms with Crippen LogP contribution in [0.1, 0.15) is 24.1 Å². The molecule has 0 saturated carbocycles. The number of aryl methyl sites for hydroxylation is 1. The van der Waals surface area contributed by atoms with Gasteiger partial charge in [0.25, 0.3) is 0 Å². The summed E-state index contributed by atoms with van der Waals surface area (Å²) in [5.74, 6) is 0.252. The van der Waals surface area contributed by atoms with Gasteiger partial charge in [0.1, 0.15) is 11.9 Å². The summed E-state index contributed by atoms with van der Waals surface area (Å²) in [6.07, 6.45) is 1.72. The van der Waals surface area contributed by atoms with E-state index in [1.807, 2.05) is 17.9 Å². The van der Waals surface area contributed by atoms with Crippen LogP contribution >= 0.6 is 0 Å². The van der Waals surface area contributed by atoms with Gasteiger partial charge in [0.15, 0.2) is 0 Å². The molecule has 1 unspecified atom stereocenters. The molecule has 2 rings (SSSR count). The van der Waals surface area contributed by atoms with Gasteiger partial charge < -0.3 is 10.6 Å². The molecule has 0 radical (unpaired) electrons. The van der Waals surface area contributed by atoms with E-state index in [1.165, 1.54) is 0 Å². The maximum atomic E-state index is 11.3. The highest BCUT2D eigenvalue weighted by Gasteiger charge is 2.26. The zero-order chi connectivity index (χ0) is 13.1. The second-order valence-corrected chi connectivity index (χ2v) is 4.62. The van der Waals surface area contributed by atoms with Crippen molar-refractivity contribution in [3.05, 3.63) is 23.4 Å². The summed E-state index contributed by atoms with van der Waals surface area (Å²) in [4.78, 5) is 17.7. The Morgan fingerprint density at radius 2 is 2.39 bits per heavy atom. The molecule has 18 heavy (non-hydrogen) atoms. The maximum Gasteiger partial charge on any atom is 0.222 e. The molecule has 1 aromatic rings. The molecule has 94 valence electrons. The van der Waals surface area contributed by atoms with Gasteiger partial charge in [0.05, 0.1) is 11.5 Å². The largest absolute Gasteiger partial charge is 0.369 e. The first-order valence-electron chi connectivity index (χ1n) is 6.04. The third-order valence-corrected chi connectivity index (χ3v) is 3.26. The number of aromatic nitrogens is 1. The minimum absolute atomic E-state index is 0.146. The van der Waals surface area contributed by atoms with E-state index in [0.29, 0.717) is 17.9 Å². The van der Waals surface area contributed by atoms with Gasteiger partial charge in [-0.15, -0.1) is 0 Å². The molecule has 5 heteroatoms. The molecule has 1 fully saturated rings. The van der Waals surface area contributed by atoms with Crippen LogP contribution in [0.2, 0.25) is 0 Å². The monoisotopic (exact) mass is 244 g/mol. The summed E-state index contributed by atoms with van der Waals surface area (Å²) in [6, 6.07) is 5.73. The molecule has 2 heterocycles. The lowest BCUT2D eigenvalue weighted by atomic mass is 9.97. The van der Waals surface area contributed by atoms with E-state index in [-0.39, 0.29) is 11.8 Å². The predicted octanol–water partition coefficient (Wildman–Crippen LogP) is 0.963. The summed E-state index contributed by atoms with van der Waals surface area (Å²) in [6.45, 7) is 3.26. The average molecular weight is 244 g/mol. The fourth-order valence-electron chi connectivity index (χ4n) is 2.27. The maximum absolute atomic E-state index is 11.3. The average Bonchev–Trinajstić information content (AvgIpc) is 2.39. The molecule has 1 aliphatic heterocycles. The van der Waals surface area contributed by atoms with Gasteiger partial charge in [-0.25, -0.2) is 4.98 Å². The van der Waals surface area contributed by atoms with E-state index in [9.17, 15) is 4.79 Å². The van der Waals surface area contributed by atoms with E-state index in [4.69, 9.17) is 11.0 Å². The number of carbonyl (C=O) groups is 1. The first kappa shape index (κ1) is 12.4. The Labute approximate surface area is 106 Å². The summed E-state index contributed by atoms with van der Waals surface area (Å²) in [5, 5.41) is 9.11. The van der Waals surface area contributed by atoms with Gasteiger partial charge >= 0.3 is 0 Å². The van der Waals surface area contributed by atoms with Crippen molar-refractivity contribution in [1.29, 1.82) is 5.26 Å².